The van der Waals surface area contributed by atoms with Crippen LogP contribution in [-0.2, 0) is 9.59 Å². The van der Waals surface area contributed by atoms with Crippen LogP contribution in [0.3, 0.4) is 0 Å². The number of anilines is 1. The van der Waals surface area contributed by atoms with Gasteiger partial charge in [0.05, 0.1) is 6.04 Å². The molecule has 2 amide bonds. The highest BCUT2D eigenvalue weighted by Gasteiger charge is 2.32. The SMILES string of the molecule is O=C(N[C@@H](CSCC1CCCCC1)C(=O)N1CCN(c2ccccn2)CC1)[C@@H]1CSCN1. The second-order valence-electron chi connectivity index (χ2n) is 8.87. The second kappa shape index (κ2) is 12.1. The molecule has 0 spiro atoms. The van der Waals surface area contributed by atoms with Crippen molar-refractivity contribution in [3.8, 4) is 0 Å². The predicted molar refractivity (Wildman–Crippen MR) is 133 cm³/mol. The Morgan fingerprint density at radius 1 is 1.19 bits per heavy atom. The van der Waals surface area contributed by atoms with Crippen molar-refractivity contribution in [3.05, 3.63) is 24.4 Å². The van der Waals surface area contributed by atoms with Crippen LogP contribution in [0.4, 0.5) is 5.82 Å². The Morgan fingerprint density at radius 3 is 2.69 bits per heavy atom. The first-order valence-corrected chi connectivity index (χ1v) is 14.2. The van der Waals surface area contributed by atoms with Gasteiger partial charge in [-0.3, -0.25) is 14.9 Å². The van der Waals surface area contributed by atoms with E-state index in [4.69, 9.17) is 0 Å². The molecular formula is C23H35N5O2S2. The Morgan fingerprint density at radius 2 is 2.00 bits per heavy atom. The molecule has 3 aliphatic rings. The first kappa shape index (κ1) is 23.7. The van der Waals surface area contributed by atoms with Crippen molar-refractivity contribution in [1.29, 1.82) is 0 Å². The lowest BCUT2D eigenvalue weighted by molar-refractivity contribution is -0.136. The molecule has 2 atom stereocenters. The fourth-order valence-electron chi connectivity index (χ4n) is 4.63. The number of hydrogen-bond acceptors (Lipinski definition) is 7. The Labute approximate surface area is 199 Å². The van der Waals surface area contributed by atoms with Gasteiger partial charge in [-0.1, -0.05) is 25.3 Å². The molecule has 4 rings (SSSR count). The first-order chi connectivity index (χ1) is 15.7. The Bertz CT molecular complexity index is 733. The zero-order valence-electron chi connectivity index (χ0n) is 18.7. The molecular weight excluding hydrogens is 442 g/mol. The van der Waals surface area contributed by atoms with Crippen LogP contribution in [0.25, 0.3) is 0 Å². The molecule has 9 heteroatoms. The lowest BCUT2D eigenvalue weighted by Gasteiger charge is -2.37. The lowest BCUT2D eigenvalue weighted by atomic mass is 9.91. The summed E-state index contributed by atoms with van der Waals surface area (Å²) in [6.07, 6.45) is 8.42. The van der Waals surface area contributed by atoms with E-state index in [0.717, 1.165) is 42.2 Å². The van der Waals surface area contributed by atoms with E-state index in [-0.39, 0.29) is 17.9 Å². The van der Waals surface area contributed by atoms with E-state index in [1.54, 1.807) is 18.0 Å². The van der Waals surface area contributed by atoms with Gasteiger partial charge in [-0.15, -0.1) is 11.8 Å². The molecule has 7 nitrogen and oxygen atoms in total. The van der Waals surface area contributed by atoms with Crippen molar-refractivity contribution in [2.75, 3.05) is 54.2 Å². The van der Waals surface area contributed by atoms with Crippen molar-refractivity contribution in [1.82, 2.24) is 20.5 Å². The van der Waals surface area contributed by atoms with Crippen LogP contribution in [-0.4, -0.2) is 83.1 Å². The van der Waals surface area contributed by atoms with Gasteiger partial charge in [0.2, 0.25) is 11.8 Å². The molecule has 1 aliphatic carbocycles. The van der Waals surface area contributed by atoms with Crippen molar-refractivity contribution in [2.24, 2.45) is 5.92 Å². The van der Waals surface area contributed by atoms with Gasteiger partial charge in [0.15, 0.2) is 0 Å². The minimum Gasteiger partial charge on any atom is -0.353 e. The number of amides is 2. The van der Waals surface area contributed by atoms with Gasteiger partial charge in [-0.25, -0.2) is 4.98 Å². The normalized spacial score (nSPS) is 23.2. The number of hydrogen-bond donors (Lipinski definition) is 2. The van der Waals surface area contributed by atoms with E-state index < -0.39 is 6.04 Å². The number of piperazine rings is 1. The summed E-state index contributed by atoms with van der Waals surface area (Å²) in [6.45, 7) is 2.85. The third-order valence-corrected chi connectivity index (χ3v) is 8.79. The number of aromatic nitrogens is 1. The summed E-state index contributed by atoms with van der Waals surface area (Å²) in [5.41, 5.74) is 0. The molecule has 1 aromatic heterocycles. The molecule has 2 aliphatic heterocycles. The standard InChI is InChI=1S/C23H35N5O2S2/c29-22(19-15-32-17-25-19)26-20(16-31-14-18-6-2-1-3-7-18)23(30)28-12-10-27(11-13-28)21-8-4-5-9-24-21/h4-5,8-9,18-20,25H,1-3,6-7,10-17H2,(H,26,29)/t19-,20-/m0/s1. The summed E-state index contributed by atoms with van der Waals surface area (Å²) in [5, 5.41) is 6.30. The van der Waals surface area contributed by atoms with Crippen LogP contribution >= 0.6 is 23.5 Å². The van der Waals surface area contributed by atoms with E-state index in [1.165, 1.54) is 32.1 Å². The van der Waals surface area contributed by atoms with Gasteiger partial charge in [0.1, 0.15) is 11.9 Å². The highest BCUT2D eigenvalue weighted by Crippen LogP contribution is 2.27. The van der Waals surface area contributed by atoms with E-state index in [0.29, 0.717) is 18.8 Å². The van der Waals surface area contributed by atoms with Crippen molar-refractivity contribution in [2.45, 2.75) is 44.2 Å². The van der Waals surface area contributed by atoms with Gasteiger partial charge in [-0.2, -0.15) is 11.8 Å². The van der Waals surface area contributed by atoms with Crippen molar-refractivity contribution >= 4 is 41.2 Å². The van der Waals surface area contributed by atoms with Crippen LogP contribution in [0, 0.1) is 5.92 Å². The summed E-state index contributed by atoms with van der Waals surface area (Å²) in [6, 6.07) is 5.27. The van der Waals surface area contributed by atoms with E-state index >= 15 is 0 Å². The van der Waals surface area contributed by atoms with E-state index in [2.05, 4.69) is 20.5 Å². The molecule has 176 valence electrons. The van der Waals surface area contributed by atoms with Crippen LogP contribution in [0.5, 0.6) is 0 Å². The van der Waals surface area contributed by atoms with Crippen LogP contribution in [0.15, 0.2) is 24.4 Å². The third-order valence-electron chi connectivity index (χ3n) is 6.57. The third kappa shape index (κ3) is 6.54. The molecule has 2 saturated heterocycles. The van der Waals surface area contributed by atoms with Gasteiger partial charge in [-0.05, 0) is 36.6 Å². The van der Waals surface area contributed by atoms with Crippen molar-refractivity contribution < 1.29 is 9.59 Å². The predicted octanol–water partition coefficient (Wildman–Crippen LogP) is 2.19. The molecule has 0 radical (unpaired) electrons. The van der Waals surface area contributed by atoms with Gasteiger partial charge in [0.25, 0.3) is 0 Å². The highest BCUT2D eigenvalue weighted by atomic mass is 32.2. The van der Waals surface area contributed by atoms with Gasteiger partial charge < -0.3 is 15.1 Å². The number of nitrogens with zero attached hydrogens (tertiary/aromatic N) is 3. The summed E-state index contributed by atoms with van der Waals surface area (Å²) >= 11 is 3.56. The Hall–Kier alpha value is -1.45. The molecule has 3 fully saturated rings. The van der Waals surface area contributed by atoms with Gasteiger partial charge >= 0.3 is 0 Å². The van der Waals surface area contributed by atoms with Gasteiger partial charge in [0, 0.05) is 49.8 Å². The molecule has 1 saturated carbocycles. The lowest BCUT2D eigenvalue weighted by Crippen LogP contribution is -2.57. The highest BCUT2D eigenvalue weighted by molar-refractivity contribution is 7.99. The second-order valence-corrected chi connectivity index (χ2v) is 11.0. The van der Waals surface area contributed by atoms with Crippen LogP contribution < -0.4 is 15.5 Å². The number of pyridine rings is 1. The molecule has 0 unspecified atom stereocenters. The van der Waals surface area contributed by atoms with Crippen LogP contribution in [0.1, 0.15) is 32.1 Å². The molecule has 0 aromatic carbocycles. The number of carbonyl (C=O) groups excluding carboxylic acids is 2. The largest absolute Gasteiger partial charge is 0.353 e. The Balaban J connectivity index is 1.32. The fraction of sp³-hybridized carbons (Fsp3) is 0.696. The van der Waals surface area contributed by atoms with Crippen LogP contribution in [0.2, 0.25) is 0 Å². The maximum absolute atomic E-state index is 13.4. The molecule has 1 aromatic rings. The minimum absolute atomic E-state index is 0.0428. The molecule has 2 N–H and O–H groups in total. The summed E-state index contributed by atoms with van der Waals surface area (Å²) < 4.78 is 0. The number of rotatable bonds is 8. The van der Waals surface area contributed by atoms with E-state index in [1.807, 2.05) is 34.9 Å². The average Bonchev–Trinajstić information content (AvgIpc) is 3.40. The van der Waals surface area contributed by atoms with Crippen molar-refractivity contribution in [3.63, 3.8) is 0 Å². The summed E-state index contributed by atoms with van der Waals surface area (Å²) in [4.78, 5) is 34.7. The smallest absolute Gasteiger partial charge is 0.246 e. The first-order valence-electron chi connectivity index (χ1n) is 11.8. The number of carbonyl (C=O) groups is 2. The molecule has 3 heterocycles. The average molecular weight is 478 g/mol. The summed E-state index contributed by atoms with van der Waals surface area (Å²) in [7, 11) is 0. The molecule has 32 heavy (non-hydrogen) atoms. The fourth-order valence-corrected chi connectivity index (χ4v) is 6.84. The number of nitrogens with one attached hydrogen (secondary N) is 2. The topological polar surface area (TPSA) is 77.6 Å². The maximum atomic E-state index is 13.4. The zero-order valence-corrected chi connectivity index (χ0v) is 20.3. The van der Waals surface area contributed by atoms with E-state index in [9.17, 15) is 9.59 Å². The minimum atomic E-state index is -0.454. The monoisotopic (exact) mass is 477 g/mol. The molecule has 0 bridgehead atoms. The number of thioether (sulfide) groups is 2. The Kier molecular flexibility index (Phi) is 8.99. The maximum Gasteiger partial charge on any atom is 0.246 e. The summed E-state index contributed by atoms with van der Waals surface area (Å²) in [5.74, 6) is 5.03. The quantitative estimate of drug-likeness (QED) is 0.594. The zero-order chi connectivity index (χ0) is 22.2.